The predicted octanol–water partition coefficient (Wildman–Crippen LogP) is 2.84. The number of fused-ring (bicyclic) bond motifs is 1. The molecule has 1 aromatic heterocycles. The zero-order valence-corrected chi connectivity index (χ0v) is 7.15. The third-order valence-electron chi connectivity index (χ3n) is 1.84. The van der Waals surface area contributed by atoms with Crippen LogP contribution < -0.4 is 4.74 Å². The second-order valence-electron chi connectivity index (χ2n) is 2.76. The van der Waals surface area contributed by atoms with E-state index >= 15 is 0 Å². The molecular weight excluding hydrogens is 188 g/mol. The van der Waals surface area contributed by atoms with E-state index in [0.29, 0.717) is 0 Å². The molecule has 0 aliphatic rings. The predicted molar refractivity (Wildman–Crippen MR) is 48.4 cm³/mol. The van der Waals surface area contributed by atoms with Crippen molar-refractivity contribution >= 4 is 10.8 Å². The molecule has 2 rings (SSSR count). The number of halogens is 2. The lowest BCUT2D eigenvalue weighted by molar-refractivity contribution is -0.0497. The van der Waals surface area contributed by atoms with Crippen LogP contribution in [0.3, 0.4) is 0 Å². The Morgan fingerprint density at radius 2 is 2.00 bits per heavy atom. The van der Waals surface area contributed by atoms with E-state index in [9.17, 15) is 8.78 Å². The first-order valence-corrected chi connectivity index (χ1v) is 4.04. The van der Waals surface area contributed by atoms with Crippen LogP contribution in [0.4, 0.5) is 8.78 Å². The summed E-state index contributed by atoms with van der Waals surface area (Å²) in [5.41, 5.74) is 0. The Labute approximate surface area is 79.1 Å². The summed E-state index contributed by atoms with van der Waals surface area (Å²) in [6.07, 6.45) is 3.27. The van der Waals surface area contributed by atoms with Gasteiger partial charge in [-0.15, -0.1) is 0 Å². The zero-order chi connectivity index (χ0) is 9.97. The van der Waals surface area contributed by atoms with E-state index in [1.807, 2.05) is 0 Å². The van der Waals surface area contributed by atoms with E-state index < -0.39 is 6.61 Å². The summed E-state index contributed by atoms with van der Waals surface area (Å²) in [5.74, 6) is 0.165. The van der Waals surface area contributed by atoms with Crippen molar-refractivity contribution in [3.63, 3.8) is 0 Å². The number of ether oxygens (including phenoxy) is 1. The SMILES string of the molecule is FC(F)Oc1ccc2cnccc2c1. The van der Waals surface area contributed by atoms with Crippen LogP contribution in [0.1, 0.15) is 0 Å². The molecule has 14 heavy (non-hydrogen) atoms. The lowest BCUT2D eigenvalue weighted by Gasteiger charge is -2.04. The summed E-state index contributed by atoms with van der Waals surface area (Å²) < 4.78 is 28.0. The summed E-state index contributed by atoms with van der Waals surface area (Å²) in [6.45, 7) is -2.78. The smallest absolute Gasteiger partial charge is 0.387 e. The standard InChI is InChI=1S/C10H7F2NO/c11-10(12)14-9-2-1-8-6-13-4-3-7(8)5-9/h1-6,10H. The number of rotatable bonds is 2. The molecule has 0 saturated carbocycles. The fourth-order valence-electron chi connectivity index (χ4n) is 1.24. The molecule has 0 radical (unpaired) electrons. The van der Waals surface area contributed by atoms with Crippen LogP contribution in [0, 0.1) is 0 Å². The highest BCUT2D eigenvalue weighted by atomic mass is 19.3. The van der Waals surface area contributed by atoms with E-state index in [1.54, 1.807) is 30.6 Å². The summed E-state index contributed by atoms with van der Waals surface area (Å²) >= 11 is 0. The van der Waals surface area contributed by atoms with Gasteiger partial charge in [-0.05, 0) is 29.7 Å². The minimum Gasteiger partial charge on any atom is -0.435 e. The highest BCUT2D eigenvalue weighted by Gasteiger charge is 2.04. The molecule has 0 fully saturated rings. The van der Waals surface area contributed by atoms with Crippen molar-refractivity contribution in [3.05, 3.63) is 36.7 Å². The van der Waals surface area contributed by atoms with Gasteiger partial charge in [0.15, 0.2) is 0 Å². The second-order valence-corrected chi connectivity index (χ2v) is 2.76. The number of aromatic nitrogens is 1. The summed E-state index contributed by atoms with van der Waals surface area (Å²) in [4.78, 5) is 3.91. The summed E-state index contributed by atoms with van der Waals surface area (Å²) in [7, 11) is 0. The van der Waals surface area contributed by atoms with E-state index in [0.717, 1.165) is 10.8 Å². The van der Waals surface area contributed by atoms with Crippen molar-refractivity contribution in [2.45, 2.75) is 6.61 Å². The van der Waals surface area contributed by atoms with Gasteiger partial charge in [0.2, 0.25) is 0 Å². The first-order chi connectivity index (χ1) is 6.75. The van der Waals surface area contributed by atoms with Crippen LogP contribution in [0.15, 0.2) is 36.7 Å². The van der Waals surface area contributed by atoms with E-state index in [4.69, 9.17) is 0 Å². The molecule has 4 heteroatoms. The largest absolute Gasteiger partial charge is 0.435 e. The van der Waals surface area contributed by atoms with Crippen molar-refractivity contribution < 1.29 is 13.5 Å². The van der Waals surface area contributed by atoms with Gasteiger partial charge >= 0.3 is 6.61 Å². The normalized spacial score (nSPS) is 10.8. The molecule has 2 aromatic rings. The van der Waals surface area contributed by atoms with Crippen LogP contribution in [-0.2, 0) is 0 Å². The molecule has 0 amide bonds. The Balaban J connectivity index is 2.41. The van der Waals surface area contributed by atoms with Gasteiger partial charge in [0.25, 0.3) is 0 Å². The van der Waals surface area contributed by atoms with Gasteiger partial charge in [-0.1, -0.05) is 0 Å². The highest BCUT2D eigenvalue weighted by Crippen LogP contribution is 2.20. The van der Waals surface area contributed by atoms with E-state index in [2.05, 4.69) is 9.72 Å². The van der Waals surface area contributed by atoms with Crippen LogP contribution >= 0.6 is 0 Å². The molecule has 0 saturated heterocycles. The summed E-state index contributed by atoms with van der Waals surface area (Å²) in [6, 6.07) is 6.49. The maximum Gasteiger partial charge on any atom is 0.387 e. The Morgan fingerprint density at radius 1 is 1.14 bits per heavy atom. The minimum atomic E-state index is -2.78. The fourth-order valence-corrected chi connectivity index (χ4v) is 1.24. The minimum absolute atomic E-state index is 0.165. The maximum absolute atomic E-state index is 11.9. The molecule has 0 spiro atoms. The third kappa shape index (κ3) is 1.79. The van der Waals surface area contributed by atoms with E-state index in [-0.39, 0.29) is 5.75 Å². The number of pyridine rings is 1. The molecule has 0 unspecified atom stereocenters. The zero-order valence-electron chi connectivity index (χ0n) is 7.15. The van der Waals surface area contributed by atoms with Gasteiger partial charge in [0.1, 0.15) is 5.75 Å². The molecule has 1 heterocycles. The van der Waals surface area contributed by atoms with Gasteiger partial charge in [-0.2, -0.15) is 8.78 Å². The average Bonchev–Trinajstić information content (AvgIpc) is 2.17. The van der Waals surface area contributed by atoms with Gasteiger partial charge in [0.05, 0.1) is 0 Å². The number of hydrogen-bond donors (Lipinski definition) is 0. The van der Waals surface area contributed by atoms with Crippen molar-refractivity contribution in [2.75, 3.05) is 0 Å². The van der Waals surface area contributed by atoms with Crippen molar-refractivity contribution in [3.8, 4) is 5.75 Å². The quantitative estimate of drug-likeness (QED) is 0.735. The number of alkyl halides is 2. The average molecular weight is 195 g/mol. The van der Waals surface area contributed by atoms with Gasteiger partial charge < -0.3 is 4.74 Å². The Morgan fingerprint density at radius 3 is 2.79 bits per heavy atom. The Kier molecular flexibility index (Phi) is 2.26. The molecule has 0 atom stereocenters. The van der Waals surface area contributed by atoms with Crippen LogP contribution in [0.2, 0.25) is 0 Å². The van der Waals surface area contributed by atoms with Gasteiger partial charge in [-0.3, -0.25) is 4.98 Å². The first-order valence-electron chi connectivity index (χ1n) is 4.04. The molecule has 0 N–H and O–H groups in total. The van der Waals surface area contributed by atoms with Gasteiger partial charge in [0, 0.05) is 17.8 Å². The molecule has 0 aliphatic heterocycles. The molecule has 2 nitrogen and oxygen atoms in total. The second kappa shape index (κ2) is 3.57. The molecule has 72 valence electrons. The summed E-state index contributed by atoms with van der Waals surface area (Å²) in [5, 5.41) is 1.73. The number of nitrogens with zero attached hydrogens (tertiary/aromatic N) is 1. The maximum atomic E-state index is 11.9. The fraction of sp³-hybridized carbons (Fsp3) is 0.100. The Hall–Kier alpha value is -1.71. The highest BCUT2D eigenvalue weighted by molar-refractivity contribution is 5.82. The van der Waals surface area contributed by atoms with Crippen LogP contribution in [0.5, 0.6) is 5.75 Å². The van der Waals surface area contributed by atoms with Crippen LogP contribution in [-0.4, -0.2) is 11.6 Å². The third-order valence-corrected chi connectivity index (χ3v) is 1.84. The lowest BCUT2D eigenvalue weighted by atomic mass is 10.2. The van der Waals surface area contributed by atoms with E-state index in [1.165, 1.54) is 6.07 Å². The molecule has 1 aromatic carbocycles. The van der Waals surface area contributed by atoms with Gasteiger partial charge in [-0.25, -0.2) is 0 Å². The van der Waals surface area contributed by atoms with Crippen LogP contribution in [0.25, 0.3) is 10.8 Å². The van der Waals surface area contributed by atoms with Crippen molar-refractivity contribution in [2.24, 2.45) is 0 Å². The van der Waals surface area contributed by atoms with Crippen molar-refractivity contribution in [1.29, 1.82) is 0 Å². The first kappa shape index (κ1) is 8.87. The Bertz CT molecular complexity index is 445. The van der Waals surface area contributed by atoms with Crippen molar-refractivity contribution in [1.82, 2.24) is 4.98 Å². The monoisotopic (exact) mass is 195 g/mol. The molecular formula is C10H7F2NO. The molecule has 0 bridgehead atoms. The topological polar surface area (TPSA) is 22.1 Å². The molecule has 0 aliphatic carbocycles. The number of benzene rings is 1. The number of hydrogen-bond acceptors (Lipinski definition) is 2. The lowest BCUT2D eigenvalue weighted by Crippen LogP contribution is -2.01.